The van der Waals surface area contributed by atoms with Crippen LogP contribution in [0.2, 0.25) is 0 Å². The minimum absolute atomic E-state index is 0.000399. The number of aryl methyl sites for hydroxylation is 1. The molecule has 0 aliphatic carbocycles. The molecule has 4 rings (SSSR count). The number of nitrogens with one attached hydrogen (secondary N) is 1. The van der Waals surface area contributed by atoms with E-state index in [1.807, 2.05) is 29.2 Å². The van der Waals surface area contributed by atoms with Crippen LogP contribution in [0.5, 0.6) is 0 Å². The first-order chi connectivity index (χ1) is 16.7. The first-order valence-corrected chi connectivity index (χ1v) is 12.7. The molecule has 35 heavy (non-hydrogen) atoms. The van der Waals surface area contributed by atoms with Crippen molar-refractivity contribution in [2.24, 2.45) is 0 Å². The molecule has 0 unspecified atom stereocenters. The van der Waals surface area contributed by atoms with E-state index >= 15 is 0 Å². The molecular weight excluding hydrogens is 466 g/mol. The molecule has 1 aliphatic rings. The van der Waals surface area contributed by atoms with E-state index in [1.165, 1.54) is 25.1 Å². The average Bonchev–Trinajstić information content (AvgIpc) is 2.84. The molecule has 3 aromatic carbocycles. The van der Waals surface area contributed by atoms with E-state index in [0.29, 0.717) is 43.0 Å². The zero-order chi connectivity index (χ0) is 25.2. The van der Waals surface area contributed by atoms with Gasteiger partial charge in [0.1, 0.15) is 0 Å². The van der Waals surface area contributed by atoms with Crippen molar-refractivity contribution >= 4 is 38.8 Å². The smallest absolute Gasteiger partial charge is 0.335 e. The van der Waals surface area contributed by atoms with Crippen LogP contribution in [-0.4, -0.2) is 51.5 Å². The van der Waals surface area contributed by atoms with Crippen LogP contribution in [0.3, 0.4) is 0 Å². The summed E-state index contributed by atoms with van der Waals surface area (Å²) in [5.74, 6) is -1.11. The number of carbonyl (C=O) groups excluding carboxylic acids is 1. The number of hydrogen-bond donors (Lipinski definition) is 2. The summed E-state index contributed by atoms with van der Waals surface area (Å²) in [7, 11) is -3.92. The van der Waals surface area contributed by atoms with E-state index in [9.17, 15) is 23.1 Å². The number of rotatable bonds is 7. The van der Waals surface area contributed by atoms with Gasteiger partial charge in [-0.1, -0.05) is 18.2 Å². The molecule has 0 radical (unpaired) electrons. The van der Waals surface area contributed by atoms with Gasteiger partial charge in [0.15, 0.2) is 5.78 Å². The fraction of sp³-hybridized carbons (Fsp3) is 0.231. The summed E-state index contributed by atoms with van der Waals surface area (Å²) >= 11 is 0. The van der Waals surface area contributed by atoms with Gasteiger partial charge in [0.2, 0.25) is 0 Å². The van der Waals surface area contributed by atoms with E-state index < -0.39 is 16.0 Å². The van der Waals surface area contributed by atoms with Crippen molar-refractivity contribution in [3.05, 3.63) is 83.4 Å². The lowest BCUT2D eigenvalue weighted by Gasteiger charge is -2.38. The molecule has 0 spiro atoms. The second kappa shape index (κ2) is 9.79. The summed E-state index contributed by atoms with van der Waals surface area (Å²) in [6.45, 7) is 5.84. The molecule has 0 saturated carbocycles. The number of carboxylic acids is 1. The Balaban J connectivity index is 1.58. The zero-order valence-corrected chi connectivity index (χ0v) is 20.4. The summed E-state index contributed by atoms with van der Waals surface area (Å²) < 4.78 is 28.9. The third-order valence-electron chi connectivity index (χ3n) is 6.13. The van der Waals surface area contributed by atoms with Gasteiger partial charge in [-0.05, 0) is 67.9 Å². The van der Waals surface area contributed by atoms with Crippen LogP contribution in [0.25, 0.3) is 0 Å². The van der Waals surface area contributed by atoms with E-state index in [4.69, 9.17) is 0 Å². The first-order valence-electron chi connectivity index (χ1n) is 11.2. The number of carboxylic acid groups (broad SMARTS) is 1. The van der Waals surface area contributed by atoms with Gasteiger partial charge in [0.05, 0.1) is 21.8 Å². The third kappa shape index (κ3) is 5.30. The number of piperazine rings is 1. The van der Waals surface area contributed by atoms with E-state index in [0.717, 1.165) is 5.69 Å². The van der Waals surface area contributed by atoms with Crippen molar-refractivity contribution in [3.8, 4) is 0 Å². The van der Waals surface area contributed by atoms with Crippen molar-refractivity contribution in [1.29, 1.82) is 0 Å². The predicted octanol–water partition coefficient (Wildman–Crippen LogP) is 4.02. The summed E-state index contributed by atoms with van der Waals surface area (Å²) in [5, 5.41) is 9.47. The van der Waals surface area contributed by atoms with Gasteiger partial charge in [-0.25, -0.2) is 13.2 Å². The Bertz CT molecular complexity index is 1360. The maximum Gasteiger partial charge on any atom is 0.335 e. The number of nitrogens with zero attached hydrogens (tertiary/aromatic N) is 2. The normalized spacial score (nSPS) is 14.0. The molecule has 8 nitrogen and oxygen atoms in total. The van der Waals surface area contributed by atoms with Gasteiger partial charge in [0, 0.05) is 37.4 Å². The first kappa shape index (κ1) is 24.3. The molecule has 0 bridgehead atoms. The van der Waals surface area contributed by atoms with Crippen molar-refractivity contribution in [3.63, 3.8) is 0 Å². The molecule has 1 saturated heterocycles. The van der Waals surface area contributed by atoms with E-state index in [1.54, 1.807) is 31.2 Å². The van der Waals surface area contributed by atoms with Crippen molar-refractivity contribution < 1.29 is 23.1 Å². The predicted molar refractivity (Wildman–Crippen MR) is 136 cm³/mol. The van der Waals surface area contributed by atoms with Crippen LogP contribution in [-0.2, 0) is 10.0 Å². The number of hydrogen-bond acceptors (Lipinski definition) is 6. The molecule has 182 valence electrons. The highest BCUT2D eigenvalue weighted by Crippen LogP contribution is 2.31. The third-order valence-corrected chi connectivity index (χ3v) is 7.66. The maximum atomic E-state index is 13.1. The average molecular weight is 494 g/mol. The molecule has 2 N–H and O–H groups in total. The van der Waals surface area contributed by atoms with Crippen LogP contribution in [0.1, 0.15) is 33.2 Å². The Morgan fingerprint density at radius 3 is 2.06 bits per heavy atom. The van der Waals surface area contributed by atoms with Crippen LogP contribution in [0, 0.1) is 6.92 Å². The molecule has 0 aromatic heterocycles. The van der Waals surface area contributed by atoms with Crippen molar-refractivity contribution in [2.75, 3.05) is 40.7 Å². The van der Waals surface area contributed by atoms with Gasteiger partial charge in [-0.15, -0.1) is 0 Å². The zero-order valence-electron chi connectivity index (χ0n) is 19.6. The molecule has 1 heterocycles. The van der Waals surface area contributed by atoms with Crippen LogP contribution >= 0.6 is 0 Å². The lowest BCUT2D eigenvalue weighted by molar-refractivity contribution is 0.0696. The fourth-order valence-corrected chi connectivity index (χ4v) is 5.51. The highest BCUT2D eigenvalue weighted by Gasteiger charge is 2.24. The Labute approximate surface area is 204 Å². The van der Waals surface area contributed by atoms with Crippen molar-refractivity contribution in [2.45, 2.75) is 18.7 Å². The molecule has 1 fully saturated rings. The number of benzene rings is 3. The largest absolute Gasteiger partial charge is 0.478 e. The van der Waals surface area contributed by atoms with E-state index in [2.05, 4.69) is 9.62 Å². The lowest BCUT2D eigenvalue weighted by Crippen LogP contribution is -2.46. The molecule has 0 atom stereocenters. The topological polar surface area (TPSA) is 107 Å². The summed E-state index contributed by atoms with van der Waals surface area (Å²) in [6.07, 6.45) is 0. The maximum absolute atomic E-state index is 13.1. The summed E-state index contributed by atoms with van der Waals surface area (Å²) in [4.78, 5) is 27.5. The van der Waals surface area contributed by atoms with Crippen LogP contribution in [0.4, 0.5) is 17.1 Å². The molecule has 3 aromatic rings. The minimum atomic E-state index is -3.92. The Morgan fingerprint density at radius 2 is 1.46 bits per heavy atom. The number of Topliss-reactive ketones (excluding diaryl/α,β-unsaturated/α-hetero) is 1. The fourth-order valence-electron chi connectivity index (χ4n) is 4.20. The number of ketones is 1. The molecule has 1 aliphatic heterocycles. The molecular formula is C26H27N3O5S. The van der Waals surface area contributed by atoms with E-state index in [-0.39, 0.29) is 21.9 Å². The quantitative estimate of drug-likeness (QED) is 0.479. The van der Waals surface area contributed by atoms with Crippen LogP contribution < -0.4 is 14.5 Å². The second-order valence-electron chi connectivity index (χ2n) is 8.49. The highest BCUT2D eigenvalue weighted by molar-refractivity contribution is 7.92. The summed E-state index contributed by atoms with van der Waals surface area (Å²) in [6, 6.07) is 18.6. The number of carbonyl (C=O) groups is 2. The SMILES string of the molecule is CC(=O)c1ccc(N2CCN(c3ccc(C(=O)O)cc3NS(=O)(=O)c3ccccc3C)CC2)cc1. The Hall–Kier alpha value is -3.85. The highest BCUT2D eigenvalue weighted by atomic mass is 32.2. The number of sulfonamides is 1. The second-order valence-corrected chi connectivity index (χ2v) is 10.1. The lowest BCUT2D eigenvalue weighted by atomic mass is 10.1. The van der Waals surface area contributed by atoms with Gasteiger partial charge in [-0.3, -0.25) is 9.52 Å². The monoisotopic (exact) mass is 493 g/mol. The molecule has 9 heteroatoms. The number of anilines is 3. The van der Waals surface area contributed by atoms with Gasteiger partial charge < -0.3 is 14.9 Å². The summed E-state index contributed by atoms with van der Waals surface area (Å²) in [5.41, 5.74) is 3.12. The minimum Gasteiger partial charge on any atom is -0.478 e. The Morgan fingerprint density at radius 1 is 0.857 bits per heavy atom. The van der Waals surface area contributed by atoms with Crippen LogP contribution in [0.15, 0.2) is 71.6 Å². The van der Waals surface area contributed by atoms with Crippen molar-refractivity contribution in [1.82, 2.24) is 0 Å². The molecule has 0 amide bonds. The number of aromatic carboxylic acids is 1. The Kier molecular flexibility index (Phi) is 6.79. The standard InChI is InChI=1S/C26H27N3O5S/c1-18-5-3-4-6-25(18)35(33,34)27-23-17-21(26(31)32)9-12-24(23)29-15-13-28(14-16-29)22-10-7-20(8-11-22)19(2)30/h3-12,17,27H,13-16H2,1-2H3,(H,31,32). The van der Waals surface area contributed by atoms with Gasteiger partial charge in [-0.2, -0.15) is 0 Å². The van der Waals surface area contributed by atoms with Gasteiger partial charge >= 0.3 is 5.97 Å². The van der Waals surface area contributed by atoms with Gasteiger partial charge in [0.25, 0.3) is 10.0 Å².